The molecule has 8 rings (SSSR count). The normalized spacial score (nSPS) is 29.6. The van der Waals surface area contributed by atoms with Crippen molar-refractivity contribution < 1.29 is 64.8 Å². The van der Waals surface area contributed by atoms with E-state index < -0.39 is 112 Å². The number of pyridine rings is 1. The number of rotatable bonds is 12. The Morgan fingerprint density at radius 3 is 2.46 bits per heavy atom. The van der Waals surface area contributed by atoms with Gasteiger partial charge in [0.2, 0.25) is 21.8 Å². The lowest BCUT2D eigenvalue weighted by Crippen LogP contribution is -2.72. The van der Waals surface area contributed by atoms with Gasteiger partial charge in [-0.15, -0.1) is 11.3 Å². The lowest BCUT2D eigenvalue weighted by atomic mass is 9.86. The van der Waals surface area contributed by atoms with Crippen molar-refractivity contribution in [1.29, 1.82) is 0 Å². The lowest BCUT2D eigenvalue weighted by Gasteiger charge is -2.50. The smallest absolute Gasteiger partial charge is 0.414 e. The van der Waals surface area contributed by atoms with E-state index >= 15 is 18.0 Å². The molecule has 5 heterocycles. The van der Waals surface area contributed by atoms with Gasteiger partial charge in [-0.3, -0.25) is 24.0 Å². The summed E-state index contributed by atoms with van der Waals surface area (Å²) in [5.41, 5.74) is -3.37. The van der Waals surface area contributed by atoms with Gasteiger partial charge in [-0.25, -0.2) is 23.2 Å². The minimum Gasteiger partial charge on any atom is -0.491 e. The molecule has 4 amide bonds. The number of carboxylic acid groups (broad SMARTS) is 1. The van der Waals surface area contributed by atoms with Gasteiger partial charge in [0, 0.05) is 48.2 Å². The zero-order valence-corrected chi connectivity index (χ0v) is 41.2. The van der Waals surface area contributed by atoms with E-state index in [0.29, 0.717) is 47.0 Å². The van der Waals surface area contributed by atoms with Crippen LogP contribution in [0, 0.1) is 5.92 Å². The van der Waals surface area contributed by atoms with E-state index in [0.717, 1.165) is 4.90 Å². The first kappa shape index (κ1) is 51.0. The summed E-state index contributed by atoms with van der Waals surface area (Å²) in [4.78, 5) is 68.7. The first-order chi connectivity index (χ1) is 33.1. The maximum absolute atomic E-state index is 15.6. The number of nitrogens with one attached hydrogen (secondary N) is 2. The summed E-state index contributed by atoms with van der Waals surface area (Å²) in [6.07, 6.45) is -5.49. The molecule has 0 bridgehead atoms. The van der Waals surface area contributed by atoms with Gasteiger partial charge >= 0.3 is 12.3 Å². The number of alkyl halides is 3. The second-order valence-electron chi connectivity index (χ2n) is 19.4. The van der Waals surface area contributed by atoms with Gasteiger partial charge in [0.25, 0.3) is 5.91 Å². The number of hydrogen-bond donors (Lipinski definition) is 3. The summed E-state index contributed by atoms with van der Waals surface area (Å²) in [7, 11) is -4.17. The predicted molar refractivity (Wildman–Crippen MR) is 250 cm³/mol. The van der Waals surface area contributed by atoms with Crippen molar-refractivity contribution in [3.8, 4) is 33.5 Å². The topological polar surface area (TPSA) is 216 Å². The molecule has 3 aromatic rings. The van der Waals surface area contributed by atoms with Crippen molar-refractivity contribution in [2.45, 2.75) is 151 Å². The first-order valence-corrected chi connectivity index (χ1v) is 26.0. The number of allylic oxidation sites excluding steroid dienone is 1. The molecular formula is C48H59F3N6O11S2. The predicted octanol–water partition coefficient (Wildman–Crippen LogP) is 6.87. The molecule has 17 nitrogen and oxygen atoms in total. The number of halogens is 3. The van der Waals surface area contributed by atoms with E-state index in [9.17, 15) is 27.9 Å². The Morgan fingerprint density at radius 2 is 1.84 bits per heavy atom. The third-order valence-corrected chi connectivity index (χ3v) is 16.9. The standard InChI is InChI=1S/C48H59F3N6O11S2/c1-6-38-39(57(44(61)62)46(48(49,50)51)16-9-20-65-27-46)42(59)56-26-34(68-33-22-35(53-36(23-33)41-52-19-21-69-41)30-12-14-32(15-13-30)66-28(2)3)24-37(56)40(58)54-47(25-31(47)11-8-7-10-29(4)67-38)43(60)55-70(63,64)45(5)17-18-45/h8,11-15,19,21-23,28-29,31,34,37-39H,6-7,9-10,16-18,20,24-27H2,1-5H3,(H,54,58)(H,55,60)(H,61,62)/b11-8-/t29-,31-,34-,37+,38+,39+,46?,47-/m1/s1. The summed E-state index contributed by atoms with van der Waals surface area (Å²) in [5, 5.41) is 16.0. The molecule has 3 aliphatic heterocycles. The number of thiazole rings is 1. The molecule has 4 fully saturated rings. The molecule has 22 heteroatoms. The molecule has 8 atom stereocenters. The molecule has 2 aromatic heterocycles. The highest BCUT2D eigenvalue weighted by molar-refractivity contribution is 7.91. The average Bonchev–Trinajstić information content (AvgIpc) is 4.06. The Balaban J connectivity index is 1.21. The Labute approximate surface area is 408 Å². The maximum atomic E-state index is 15.6. The zero-order valence-electron chi connectivity index (χ0n) is 39.6. The minimum atomic E-state index is -5.22. The maximum Gasteiger partial charge on any atom is 0.414 e. The summed E-state index contributed by atoms with van der Waals surface area (Å²) in [6, 6.07) is 6.78. The molecule has 0 spiro atoms. The Morgan fingerprint density at radius 1 is 1.11 bits per heavy atom. The van der Waals surface area contributed by atoms with Crippen LogP contribution in [0.15, 0.2) is 60.1 Å². The van der Waals surface area contributed by atoms with Crippen molar-refractivity contribution in [2.24, 2.45) is 5.92 Å². The number of carbonyl (C=O) groups is 4. The van der Waals surface area contributed by atoms with E-state index in [1.54, 1.807) is 61.8 Å². The van der Waals surface area contributed by atoms with Crippen LogP contribution in [0.5, 0.6) is 11.5 Å². The van der Waals surface area contributed by atoms with Crippen LogP contribution in [0.25, 0.3) is 22.0 Å². The van der Waals surface area contributed by atoms with Crippen molar-refractivity contribution in [1.82, 2.24) is 29.8 Å². The molecule has 2 saturated carbocycles. The van der Waals surface area contributed by atoms with Gasteiger partial charge in [0.15, 0.2) is 5.54 Å². The van der Waals surface area contributed by atoms with E-state index in [2.05, 4.69) is 15.0 Å². The van der Waals surface area contributed by atoms with Crippen molar-refractivity contribution in [3.05, 3.63) is 60.1 Å². The van der Waals surface area contributed by atoms with E-state index in [1.807, 2.05) is 26.0 Å². The van der Waals surface area contributed by atoms with Gasteiger partial charge in [0.1, 0.15) is 45.9 Å². The molecule has 2 saturated heterocycles. The highest BCUT2D eigenvalue weighted by atomic mass is 32.2. The summed E-state index contributed by atoms with van der Waals surface area (Å²) in [5.74, 6) is -2.85. The fraction of sp³-hybridized carbons (Fsp3) is 0.583. The second-order valence-corrected chi connectivity index (χ2v) is 22.5. The van der Waals surface area contributed by atoms with E-state index in [-0.39, 0.29) is 55.5 Å². The highest BCUT2D eigenvalue weighted by Crippen LogP contribution is 2.48. The number of nitrogens with zero attached hydrogens (tertiary/aromatic N) is 4. The Hall–Kier alpha value is -5.32. The molecule has 380 valence electrons. The van der Waals surface area contributed by atoms with Gasteiger partial charge in [-0.05, 0) is 103 Å². The van der Waals surface area contributed by atoms with Gasteiger partial charge < -0.3 is 34.3 Å². The second kappa shape index (κ2) is 19.7. The molecule has 3 N–H and O–H groups in total. The van der Waals surface area contributed by atoms with E-state index in [4.69, 9.17) is 23.9 Å². The Bertz CT molecular complexity index is 2570. The fourth-order valence-electron chi connectivity index (χ4n) is 9.65. The molecule has 0 radical (unpaired) electrons. The fourth-order valence-corrected chi connectivity index (χ4v) is 11.6. The number of aromatic nitrogens is 2. The van der Waals surface area contributed by atoms with Crippen LogP contribution >= 0.6 is 11.3 Å². The summed E-state index contributed by atoms with van der Waals surface area (Å²) in [6.45, 7) is 6.98. The van der Waals surface area contributed by atoms with Gasteiger partial charge in [-0.1, -0.05) is 19.1 Å². The highest BCUT2D eigenvalue weighted by Gasteiger charge is 2.66. The largest absolute Gasteiger partial charge is 0.491 e. The van der Waals surface area contributed by atoms with Crippen LogP contribution in [0.4, 0.5) is 18.0 Å². The number of benzene rings is 1. The van der Waals surface area contributed by atoms with Crippen molar-refractivity contribution >= 4 is 45.2 Å². The van der Waals surface area contributed by atoms with Crippen LogP contribution < -0.4 is 19.5 Å². The van der Waals surface area contributed by atoms with Crippen LogP contribution in [-0.2, 0) is 33.9 Å². The monoisotopic (exact) mass is 1020 g/mol. The number of amides is 4. The van der Waals surface area contributed by atoms with Gasteiger partial charge in [-0.2, -0.15) is 13.2 Å². The van der Waals surface area contributed by atoms with Crippen LogP contribution in [-0.4, -0.2) is 135 Å². The zero-order chi connectivity index (χ0) is 50.4. The minimum absolute atomic E-state index is 0.00524. The molecular weight excluding hydrogens is 958 g/mol. The molecule has 1 unspecified atom stereocenters. The van der Waals surface area contributed by atoms with E-state index in [1.165, 1.54) is 18.3 Å². The molecule has 5 aliphatic rings. The molecule has 2 aliphatic carbocycles. The number of carbonyl (C=O) groups excluding carboxylic acids is 3. The first-order valence-electron chi connectivity index (χ1n) is 23.6. The number of hydrogen-bond acceptors (Lipinski definition) is 13. The third-order valence-electron chi connectivity index (χ3n) is 13.9. The van der Waals surface area contributed by atoms with Crippen molar-refractivity contribution in [2.75, 3.05) is 19.8 Å². The summed E-state index contributed by atoms with van der Waals surface area (Å²) < 4.78 is 98.8. The Kier molecular flexibility index (Phi) is 14.4. The number of sulfonamides is 1. The SMILES string of the molecule is CC[C@@H]1O[C@H](C)CC/C=C\[C@@H]2C[C@@]2(C(=O)NS(=O)(=O)C2(C)CC2)NC(=O)[C@@H]2C[C@@H](Oc3cc(-c4ccc(OC(C)C)cc4)nc(-c4nccs4)c3)CN2C(=O)[C@H]1N(C(=O)O)C1(C(F)(F)F)CCCOC1. The van der Waals surface area contributed by atoms with Crippen LogP contribution in [0.1, 0.15) is 92.4 Å². The number of fused-ring (bicyclic) bond motifs is 2. The molecule has 1 aromatic carbocycles. The van der Waals surface area contributed by atoms with Crippen molar-refractivity contribution in [3.63, 3.8) is 0 Å². The van der Waals surface area contributed by atoms with Gasteiger partial charge in [0.05, 0.1) is 41.9 Å². The lowest BCUT2D eigenvalue weighted by molar-refractivity contribution is -0.263. The average molecular weight is 1020 g/mol. The summed E-state index contributed by atoms with van der Waals surface area (Å²) >= 11 is 1.32. The molecule has 70 heavy (non-hydrogen) atoms. The number of ether oxygens (including phenoxy) is 4. The van der Waals surface area contributed by atoms with Crippen LogP contribution in [0.3, 0.4) is 0 Å². The third kappa shape index (κ3) is 10.2. The van der Waals surface area contributed by atoms with Crippen LogP contribution in [0.2, 0.25) is 0 Å². The quantitative estimate of drug-likeness (QED) is 0.158.